The van der Waals surface area contributed by atoms with Gasteiger partial charge < -0.3 is 15.4 Å². The Bertz CT molecular complexity index is 1020. The average molecular weight is 421 g/mol. The molecule has 0 atom stereocenters. The number of hydrogen-bond donors (Lipinski definition) is 2. The summed E-state index contributed by atoms with van der Waals surface area (Å²) in [4.78, 5) is 26.4. The Hall–Kier alpha value is -3.38. The van der Waals surface area contributed by atoms with Gasteiger partial charge in [0.05, 0.1) is 7.11 Å². The predicted octanol–water partition coefficient (Wildman–Crippen LogP) is 4.19. The zero-order valence-corrected chi connectivity index (χ0v) is 17.8. The van der Waals surface area contributed by atoms with Gasteiger partial charge in [-0.3, -0.25) is 9.59 Å². The van der Waals surface area contributed by atoms with Crippen LogP contribution in [0.4, 0.5) is 0 Å². The van der Waals surface area contributed by atoms with E-state index in [0.29, 0.717) is 18.5 Å². The van der Waals surface area contributed by atoms with Gasteiger partial charge in [0.1, 0.15) is 11.4 Å². The minimum Gasteiger partial charge on any atom is -0.497 e. The van der Waals surface area contributed by atoms with Crippen LogP contribution in [0.15, 0.2) is 71.7 Å². The lowest BCUT2D eigenvalue weighted by molar-refractivity contribution is -0.117. The van der Waals surface area contributed by atoms with Crippen molar-refractivity contribution in [3.8, 4) is 5.75 Å². The number of ether oxygens (including phenoxy) is 1. The first-order chi connectivity index (χ1) is 14.6. The van der Waals surface area contributed by atoms with Crippen molar-refractivity contribution in [2.75, 3.05) is 13.7 Å². The maximum Gasteiger partial charge on any atom is 0.267 e. The molecular formula is C24H24N2O3S. The lowest BCUT2D eigenvalue weighted by atomic mass is 10.1. The van der Waals surface area contributed by atoms with Crippen molar-refractivity contribution >= 4 is 29.2 Å². The number of carbonyl (C=O) groups excluding carboxylic acids is 2. The molecule has 0 aliphatic heterocycles. The Labute approximate surface area is 180 Å². The molecule has 0 unspecified atom stereocenters. The number of nitrogens with one attached hydrogen (secondary N) is 2. The molecule has 0 aliphatic carbocycles. The summed E-state index contributed by atoms with van der Waals surface area (Å²) >= 11 is 1.50. The molecule has 0 aliphatic rings. The molecule has 6 heteroatoms. The topological polar surface area (TPSA) is 67.4 Å². The largest absolute Gasteiger partial charge is 0.497 e. The van der Waals surface area contributed by atoms with E-state index in [9.17, 15) is 9.59 Å². The third-order valence-corrected chi connectivity index (χ3v) is 5.39. The summed E-state index contributed by atoms with van der Waals surface area (Å²) in [6.07, 6.45) is 2.37. The molecule has 0 saturated carbocycles. The molecule has 0 bridgehead atoms. The third kappa shape index (κ3) is 5.81. The molecular weight excluding hydrogens is 396 g/mol. The summed E-state index contributed by atoms with van der Waals surface area (Å²) in [5.41, 5.74) is 2.70. The highest BCUT2D eigenvalue weighted by molar-refractivity contribution is 7.10. The second kappa shape index (κ2) is 10.4. The van der Waals surface area contributed by atoms with Crippen LogP contribution in [0.5, 0.6) is 5.75 Å². The molecule has 5 nitrogen and oxygen atoms in total. The number of thiophene rings is 1. The van der Waals surface area contributed by atoms with Crippen LogP contribution >= 0.6 is 11.3 Å². The quantitative estimate of drug-likeness (QED) is 0.537. The molecule has 2 amide bonds. The van der Waals surface area contributed by atoms with E-state index in [1.165, 1.54) is 11.3 Å². The second-order valence-corrected chi connectivity index (χ2v) is 7.68. The van der Waals surface area contributed by atoms with Crippen LogP contribution in [0.3, 0.4) is 0 Å². The van der Waals surface area contributed by atoms with E-state index in [1.807, 2.05) is 60.8 Å². The molecule has 3 rings (SSSR count). The first kappa shape index (κ1) is 21.3. The van der Waals surface area contributed by atoms with Crippen molar-refractivity contribution in [3.63, 3.8) is 0 Å². The van der Waals surface area contributed by atoms with Gasteiger partial charge in [0.2, 0.25) is 0 Å². The average Bonchev–Trinajstić information content (AvgIpc) is 3.27. The summed E-state index contributed by atoms with van der Waals surface area (Å²) in [5, 5.41) is 7.60. The van der Waals surface area contributed by atoms with Gasteiger partial charge in [-0.2, -0.15) is 0 Å². The summed E-state index contributed by atoms with van der Waals surface area (Å²) in [7, 11) is 1.63. The third-order valence-electron chi connectivity index (χ3n) is 4.57. The van der Waals surface area contributed by atoms with Gasteiger partial charge in [-0.15, -0.1) is 11.3 Å². The van der Waals surface area contributed by atoms with Gasteiger partial charge in [0.25, 0.3) is 11.8 Å². The summed E-state index contributed by atoms with van der Waals surface area (Å²) in [5.74, 6) is 0.169. The van der Waals surface area contributed by atoms with E-state index in [-0.39, 0.29) is 17.5 Å². The molecule has 0 saturated heterocycles. The molecule has 30 heavy (non-hydrogen) atoms. The molecule has 0 radical (unpaired) electrons. The van der Waals surface area contributed by atoms with E-state index < -0.39 is 0 Å². The number of hydrogen-bond acceptors (Lipinski definition) is 4. The fourth-order valence-electron chi connectivity index (χ4n) is 2.90. The van der Waals surface area contributed by atoms with Crippen molar-refractivity contribution in [2.24, 2.45) is 0 Å². The van der Waals surface area contributed by atoms with Crippen molar-refractivity contribution in [2.45, 2.75) is 13.3 Å². The smallest absolute Gasteiger partial charge is 0.267 e. The van der Waals surface area contributed by atoms with Crippen molar-refractivity contribution in [3.05, 3.63) is 93.3 Å². The highest BCUT2D eigenvalue weighted by atomic mass is 32.1. The van der Waals surface area contributed by atoms with Crippen molar-refractivity contribution in [1.29, 1.82) is 0 Å². The zero-order chi connectivity index (χ0) is 21.3. The Kier molecular flexibility index (Phi) is 7.40. The van der Waals surface area contributed by atoms with Crippen molar-refractivity contribution in [1.82, 2.24) is 10.6 Å². The molecule has 154 valence electrons. The molecule has 0 spiro atoms. The molecule has 1 heterocycles. The zero-order valence-electron chi connectivity index (χ0n) is 17.0. The fraction of sp³-hybridized carbons (Fsp3) is 0.167. The highest BCUT2D eigenvalue weighted by Crippen LogP contribution is 2.14. The van der Waals surface area contributed by atoms with E-state index >= 15 is 0 Å². The van der Waals surface area contributed by atoms with E-state index in [1.54, 1.807) is 25.3 Å². The highest BCUT2D eigenvalue weighted by Gasteiger charge is 2.16. The standard InChI is InChI=1S/C24H24N2O3S/c1-17-6-3-4-8-21(17)23(27)26-22(16-20-7-5-15-30-20)24(28)25-14-13-18-9-11-19(29-2)12-10-18/h3-12,15-16H,13-14H2,1-2H3,(H,25,28)(H,26,27)/b22-16-. The van der Waals surface area contributed by atoms with Crippen LogP contribution in [-0.4, -0.2) is 25.5 Å². The van der Waals surface area contributed by atoms with Gasteiger partial charge in [0, 0.05) is 17.0 Å². The van der Waals surface area contributed by atoms with Gasteiger partial charge in [-0.05, 0) is 60.2 Å². The number of carbonyl (C=O) groups is 2. The van der Waals surface area contributed by atoms with Crippen molar-refractivity contribution < 1.29 is 14.3 Å². The minimum absolute atomic E-state index is 0.223. The Morgan fingerprint density at radius 2 is 1.80 bits per heavy atom. The van der Waals surface area contributed by atoms with Gasteiger partial charge in [0.15, 0.2) is 0 Å². The van der Waals surface area contributed by atoms with E-state index in [0.717, 1.165) is 21.8 Å². The predicted molar refractivity (Wildman–Crippen MR) is 121 cm³/mol. The monoisotopic (exact) mass is 420 g/mol. The maximum absolute atomic E-state index is 12.8. The molecule has 0 fully saturated rings. The van der Waals surface area contributed by atoms with E-state index in [2.05, 4.69) is 10.6 Å². The molecule has 1 aromatic heterocycles. The van der Waals surface area contributed by atoms with Crippen LogP contribution in [0.1, 0.15) is 26.4 Å². The molecule has 2 aromatic carbocycles. The lowest BCUT2D eigenvalue weighted by Crippen LogP contribution is -2.36. The number of amides is 2. The Morgan fingerprint density at radius 3 is 2.47 bits per heavy atom. The van der Waals surface area contributed by atoms with Crippen LogP contribution in [0.2, 0.25) is 0 Å². The van der Waals surface area contributed by atoms with Gasteiger partial charge in [-0.1, -0.05) is 36.4 Å². The summed E-state index contributed by atoms with van der Waals surface area (Å²) < 4.78 is 5.16. The summed E-state index contributed by atoms with van der Waals surface area (Å²) in [6, 6.07) is 18.8. The number of methoxy groups -OCH3 is 1. The Morgan fingerprint density at radius 1 is 1.03 bits per heavy atom. The van der Waals surface area contributed by atoms with Crippen LogP contribution in [-0.2, 0) is 11.2 Å². The van der Waals surface area contributed by atoms with Crippen LogP contribution < -0.4 is 15.4 Å². The van der Waals surface area contributed by atoms with Gasteiger partial charge in [-0.25, -0.2) is 0 Å². The lowest BCUT2D eigenvalue weighted by Gasteiger charge is -2.12. The fourth-order valence-corrected chi connectivity index (χ4v) is 3.56. The first-order valence-corrected chi connectivity index (χ1v) is 10.5. The van der Waals surface area contributed by atoms with Crippen LogP contribution in [0.25, 0.3) is 6.08 Å². The number of rotatable bonds is 8. The van der Waals surface area contributed by atoms with E-state index in [4.69, 9.17) is 4.74 Å². The van der Waals surface area contributed by atoms with Gasteiger partial charge >= 0.3 is 0 Å². The minimum atomic E-state index is -0.321. The maximum atomic E-state index is 12.8. The summed E-state index contributed by atoms with van der Waals surface area (Å²) in [6.45, 7) is 2.32. The number of benzene rings is 2. The van der Waals surface area contributed by atoms with Crippen LogP contribution in [0, 0.1) is 6.92 Å². The normalized spacial score (nSPS) is 11.1. The first-order valence-electron chi connectivity index (χ1n) is 9.60. The number of aryl methyl sites for hydroxylation is 1. The Balaban J connectivity index is 1.68. The SMILES string of the molecule is COc1ccc(CCNC(=O)/C(=C/c2cccs2)NC(=O)c2ccccc2C)cc1. The second-order valence-electron chi connectivity index (χ2n) is 6.70. The molecule has 2 N–H and O–H groups in total. The molecule has 3 aromatic rings.